The maximum absolute atomic E-state index is 12.3. The number of carbonyl (C=O) groups is 1. The lowest BCUT2D eigenvalue weighted by Gasteiger charge is -2.26. The Morgan fingerprint density at radius 3 is 2.52 bits per heavy atom. The number of thioether (sulfide) groups is 1. The van der Waals surface area contributed by atoms with Crippen LogP contribution in [0.5, 0.6) is 5.75 Å². The summed E-state index contributed by atoms with van der Waals surface area (Å²) in [6.45, 7) is 4.69. The molecule has 1 heterocycles. The van der Waals surface area contributed by atoms with Crippen molar-refractivity contribution in [2.75, 3.05) is 31.2 Å². The summed E-state index contributed by atoms with van der Waals surface area (Å²) in [7, 11) is 0. The molecule has 1 saturated heterocycles. The van der Waals surface area contributed by atoms with Crippen molar-refractivity contribution in [2.24, 2.45) is 0 Å². The molecule has 116 valence electrons. The first-order chi connectivity index (χ1) is 10.3. The van der Waals surface area contributed by atoms with E-state index in [0.717, 1.165) is 48.9 Å². The SMILES string of the molecule is CCCCCCOc1ccc(C(=O)N2CCSCC2)cc1. The molecule has 21 heavy (non-hydrogen) atoms. The van der Waals surface area contributed by atoms with Gasteiger partial charge in [0.1, 0.15) is 5.75 Å². The summed E-state index contributed by atoms with van der Waals surface area (Å²) in [5.74, 6) is 3.09. The lowest BCUT2D eigenvalue weighted by Crippen LogP contribution is -2.37. The molecule has 1 aromatic carbocycles. The molecule has 0 N–H and O–H groups in total. The Morgan fingerprint density at radius 2 is 1.86 bits per heavy atom. The summed E-state index contributed by atoms with van der Waals surface area (Å²) in [5, 5.41) is 0. The van der Waals surface area contributed by atoms with Crippen LogP contribution in [0.25, 0.3) is 0 Å². The van der Waals surface area contributed by atoms with Gasteiger partial charge in [-0.1, -0.05) is 26.2 Å². The Bertz CT molecular complexity index is 427. The lowest BCUT2D eigenvalue weighted by atomic mass is 10.2. The van der Waals surface area contributed by atoms with Crippen molar-refractivity contribution in [1.82, 2.24) is 4.90 Å². The van der Waals surface area contributed by atoms with Crippen LogP contribution in [0.2, 0.25) is 0 Å². The molecule has 1 amide bonds. The van der Waals surface area contributed by atoms with Crippen LogP contribution in [-0.2, 0) is 0 Å². The van der Waals surface area contributed by atoms with Gasteiger partial charge in [0.25, 0.3) is 5.91 Å². The molecule has 1 fully saturated rings. The largest absolute Gasteiger partial charge is 0.494 e. The number of hydrogen-bond acceptors (Lipinski definition) is 3. The highest BCUT2D eigenvalue weighted by molar-refractivity contribution is 7.99. The van der Waals surface area contributed by atoms with E-state index in [2.05, 4.69) is 6.92 Å². The third kappa shape index (κ3) is 5.27. The van der Waals surface area contributed by atoms with Gasteiger partial charge in [-0.2, -0.15) is 11.8 Å². The Balaban J connectivity index is 1.79. The second-order valence-electron chi connectivity index (χ2n) is 5.34. The minimum Gasteiger partial charge on any atom is -0.494 e. The van der Waals surface area contributed by atoms with Crippen molar-refractivity contribution >= 4 is 17.7 Å². The number of carbonyl (C=O) groups excluding carboxylic acids is 1. The molecule has 0 bridgehead atoms. The van der Waals surface area contributed by atoms with E-state index in [1.807, 2.05) is 40.9 Å². The first-order valence-electron chi connectivity index (χ1n) is 7.91. The zero-order chi connectivity index (χ0) is 14.9. The fourth-order valence-corrected chi connectivity index (χ4v) is 3.26. The highest BCUT2D eigenvalue weighted by Crippen LogP contribution is 2.17. The molecular weight excluding hydrogens is 282 g/mol. The third-order valence-corrected chi connectivity index (χ3v) is 4.61. The minimum atomic E-state index is 0.143. The van der Waals surface area contributed by atoms with E-state index in [-0.39, 0.29) is 5.91 Å². The monoisotopic (exact) mass is 307 g/mol. The zero-order valence-electron chi connectivity index (χ0n) is 12.8. The second kappa shape index (κ2) is 8.98. The van der Waals surface area contributed by atoms with Gasteiger partial charge >= 0.3 is 0 Å². The average Bonchev–Trinajstić information content (AvgIpc) is 2.55. The summed E-state index contributed by atoms with van der Waals surface area (Å²) in [4.78, 5) is 14.3. The molecule has 2 rings (SSSR count). The average molecular weight is 307 g/mol. The van der Waals surface area contributed by atoms with Crippen molar-refractivity contribution in [2.45, 2.75) is 32.6 Å². The zero-order valence-corrected chi connectivity index (χ0v) is 13.7. The Morgan fingerprint density at radius 1 is 1.14 bits per heavy atom. The van der Waals surface area contributed by atoms with Gasteiger partial charge in [0.15, 0.2) is 0 Å². The molecule has 0 atom stereocenters. The van der Waals surface area contributed by atoms with Crippen LogP contribution in [0.1, 0.15) is 43.0 Å². The van der Waals surface area contributed by atoms with E-state index in [1.54, 1.807) is 0 Å². The maximum atomic E-state index is 12.3. The first-order valence-corrected chi connectivity index (χ1v) is 9.06. The highest BCUT2D eigenvalue weighted by atomic mass is 32.2. The van der Waals surface area contributed by atoms with E-state index in [4.69, 9.17) is 4.74 Å². The van der Waals surface area contributed by atoms with E-state index in [0.29, 0.717) is 0 Å². The number of rotatable bonds is 7. The second-order valence-corrected chi connectivity index (χ2v) is 6.56. The Labute approximate surface area is 132 Å². The number of benzene rings is 1. The maximum Gasteiger partial charge on any atom is 0.253 e. The first kappa shape index (κ1) is 16.2. The van der Waals surface area contributed by atoms with Crippen molar-refractivity contribution < 1.29 is 9.53 Å². The predicted molar refractivity (Wildman–Crippen MR) is 89.3 cm³/mol. The van der Waals surface area contributed by atoms with Crippen LogP contribution in [0, 0.1) is 0 Å². The van der Waals surface area contributed by atoms with E-state index in [1.165, 1.54) is 19.3 Å². The molecule has 3 nitrogen and oxygen atoms in total. The Kier molecular flexibility index (Phi) is 6.93. The molecule has 0 aliphatic carbocycles. The van der Waals surface area contributed by atoms with Gasteiger partial charge in [0.2, 0.25) is 0 Å². The van der Waals surface area contributed by atoms with Crippen LogP contribution in [0.3, 0.4) is 0 Å². The van der Waals surface area contributed by atoms with Crippen LogP contribution in [0.15, 0.2) is 24.3 Å². The molecule has 4 heteroatoms. The molecular formula is C17H25NO2S. The summed E-state index contributed by atoms with van der Waals surface area (Å²) in [6, 6.07) is 7.58. The number of amides is 1. The van der Waals surface area contributed by atoms with Gasteiger partial charge in [-0.3, -0.25) is 4.79 Å². The van der Waals surface area contributed by atoms with Gasteiger partial charge in [-0.25, -0.2) is 0 Å². The standard InChI is InChI=1S/C17H25NO2S/c1-2-3-4-5-12-20-16-8-6-15(7-9-16)17(19)18-10-13-21-14-11-18/h6-9H,2-5,10-14H2,1H3. The van der Waals surface area contributed by atoms with E-state index < -0.39 is 0 Å². The van der Waals surface area contributed by atoms with Gasteiger partial charge in [-0.05, 0) is 30.7 Å². The van der Waals surface area contributed by atoms with Crippen LogP contribution >= 0.6 is 11.8 Å². The summed E-state index contributed by atoms with van der Waals surface area (Å²) in [6.07, 6.45) is 4.83. The Hall–Kier alpha value is -1.16. The molecule has 1 aromatic rings. The van der Waals surface area contributed by atoms with Crippen molar-refractivity contribution in [1.29, 1.82) is 0 Å². The van der Waals surface area contributed by atoms with Gasteiger partial charge in [-0.15, -0.1) is 0 Å². The molecule has 1 aliphatic rings. The molecule has 1 aliphatic heterocycles. The molecule has 0 saturated carbocycles. The van der Waals surface area contributed by atoms with Gasteiger partial charge < -0.3 is 9.64 Å². The van der Waals surface area contributed by atoms with Gasteiger partial charge in [0, 0.05) is 30.2 Å². The summed E-state index contributed by atoms with van der Waals surface area (Å²) >= 11 is 1.91. The summed E-state index contributed by atoms with van der Waals surface area (Å²) in [5.41, 5.74) is 0.764. The number of hydrogen-bond donors (Lipinski definition) is 0. The van der Waals surface area contributed by atoms with Crippen molar-refractivity contribution in [3.8, 4) is 5.75 Å². The smallest absolute Gasteiger partial charge is 0.253 e. The van der Waals surface area contributed by atoms with Crippen molar-refractivity contribution in [3.05, 3.63) is 29.8 Å². The van der Waals surface area contributed by atoms with E-state index in [9.17, 15) is 4.79 Å². The number of ether oxygens (including phenoxy) is 1. The quantitative estimate of drug-likeness (QED) is 0.717. The third-order valence-electron chi connectivity index (χ3n) is 3.67. The minimum absolute atomic E-state index is 0.143. The molecule has 0 radical (unpaired) electrons. The van der Waals surface area contributed by atoms with Crippen LogP contribution in [-0.4, -0.2) is 42.0 Å². The van der Waals surface area contributed by atoms with Crippen molar-refractivity contribution in [3.63, 3.8) is 0 Å². The van der Waals surface area contributed by atoms with E-state index >= 15 is 0 Å². The van der Waals surface area contributed by atoms with Crippen LogP contribution in [0.4, 0.5) is 0 Å². The van der Waals surface area contributed by atoms with Crippen LogP contribution < -0.4 is 4.74 Å². The fourth-order valence-electron chi connectivity index (χ4n) is 2.36. The predicted octanol–water partition coefficient (Wildman–Crippen LogP) is 3.83. The molecule has 0 aromatic heterocycles. The highest BCUT2D eigenvalue weighted by Gasteiger charge is 2.18. The van der Waals surface area contributed by atoms with Gasteiger partial charge in [0.05, 0.1) is 6.61 Å². The normalized spacial score (nSPS) is 15.0. The topological polar surface area (TPSA) is 29.5 Å². The number of nitrogens with zero attached hydrogens (tertiary/aromatic N) is 1. The lowest BCUT2D eigenvalue weighted by molar-refractivity contribution is 0.0772. The molecule has 0 spiro atoms. The fraction of sp³-hybridized carbons (Fsp3) is 0.588. The summed E-state index contributed by atoms with van der Waals surface area (Å²) < 4.78 is 5.70. The molecule has 0 unspecified atom stereocenters. The number of unbranched alkanes of at least 4 members (excludes halogenated alkanes) is 3.